The summed E-state index contributed by atoms with van der Waals surface area (Å²) >= 11 is 0. The number of unbranched alkanes of at least 4 members (excludes halogenated alkanes) is 24. The van der Waals surface area contributed by atoms with Crippen LogP contribution in [0.1, 0.15) is 207 Å². The Labute approximate surface area is 245 Å². The first-order chi connectivity index (χ1) is 19.1. The molecule has 3 heteroatoms. The van der Waals surface area contributed by atoms with Gasteiger partial charge in [-0.05, 0) is 19.3 Å². The molecule has 0 saturated heterocycles. The molecule has 0 fully saturated rings. The topological polar surface area (TPSA) is 54.4 Å². The van der Waals surface area contributed by atoms with Crippen molar-refractivity contribution in [3.63, 3.8) is 0 Å². The predicted octanol–water partition coefficient (Wildman–Crippen LogP) is 11.4. The van der Waals surface area contributed by atoms with Crippen molar-refractivity contribution in [1.29, 1.82) is 0 Å². The minimum Gasteiger partial charge on any atom is -0.392 e. The number of ketones is 2. The van der Waals surface area contributed by atoms with E-state index in [1.165, 1.54) is 141 Å². The van der Waals surface area contributed by atoms with Crippen molar-refractivity contribution in [3.8, 4) is 0 Å². The minimum atomic E-state index is -0.894. The molecule has 1 unspecified atom stereocenters. The molecule has 0 aromatic carbocycles. The molecule has 0 rings (SSSR count). The van der Waals surface area contributed by atoms with Gasteiger partial charge in [0, 0.05) is 12.8 Å². The number of hydrogen-bond acceptors (Lipinski definition) is 3. The molecule has 3 nitrogen and oxygen atoms in total. The first kappa shape index (κ1) is 38.3. The first-order valence-corrected chi connectivity index (χ1v) is 17.7. The average molecular weight is 550 g/mol. The Balaban J connectivity index is 3.83. The molecule has 0 bridgehead atoms. The van der Waals surface area contributed by atoms with Crippen molar-refractivity contribution in [2.45, 2.75) is 213 Å². The number of hydrogen-bond donors (Lipinski definition) is 1. The van der Waals surface area contributed by atoms with Crippen molar-refractivity contribution in [3.05, 3.63) is 5.92 Å². The summed E-state index contributed by atoms with van der Waals surface area (Å²) in [6.45, 7) is 6.38. The van der Waals surface area contributed by atoms with E-state index in [0.29, 0.717) is 19.3 Å². The van der Waals surface area contributed by atoms with Crippen LogP contribution < -0.4 is 0 Å². The van der Waals surface area contributed by atoms with E-state index in [1.54, 1.807) is 0 Å². The average Bonchev–Trinajstić information content (AvgIpc) is 2.93. The summed E-state index contributed by atoms with van der Waals surface area (Å²) in [5.74, 6) is -0.0189. The summed E-state index contributed by atoms with van der Waals surface area (Å²) in [5, 5.41) is 10.4. The second-order valence-corrected chi connectivity index (χ2v) is 12.2. The fraction of sp³-hybridized carbons (Fsp3) is 0.917. The van der Waals surface area contributed by atoms with Crippen molar-refractivity contribution in [1.82, 2.24) is 0 Å². The van der Waals surface area contributed by atoms with Crippen LogP contribution in [0.15, 0.2) is 0 Å². The highest BCUT2D eigenvalue weighted by Crippen LogP contribution is 2.21. The molecule has 1 N–H and O–H groups in total. The van der Waals surface area contributed by atoms with E-state index >= 15 is 0 Å². The molecule has 0 saturated carbocycles. The Morgan fingerprint density at radius 1 is 0.410 bits per heavy atom. The van der Waals surface area contributed by atoms with Crippen LogP contribution in [-0.2, 0) is 9.59 Å². The van der Waals surface area contributed by atoms with Crippen LogP contribution in [0.5, 0.6) is 0 Å². The molecule has 0 aromatic heterocycles. The van der Waals surface area contributed by atoms with Crippen LogP contribution in [-0.4, -0.2) is 22.8 Å². The summed E-state index contributed by atoms with van der Waals surface area (Å²) in [6.07, 6.45) is 33.5. The lowest BCUT2D eigenvalue weighted by atomic mass is 9.86. The third-order valence-electron chi connectivity index (χ3n) is 8.34. The van der Waals surface area contributed by atoms with Crippen molar-refractivity contribution >= 4 is 11.6 Å². The highest BCUT2D eigenvalue weighted by atomic mass is 16.3. The van der Waals surface area contributed by atoms with E-state index in [1.807, 2.05) is 6.92 Å². The van der Waals surface area contributed by atoms with Crippen molar-refractivity contribution in [2.24, 2.45) is 0 Å². The lowest BCUT2D eigenvalue weighted by Crippen LogP contribution is -2.32. The van der Waals surface area contributed by atoms with Crippen LogP contribution in [0, 0.1) is 5.92 Å². The summed E-state index contributed by atoms with van der Waals surface area (Å²) in [6, 6.07) is 0. The molecule has 0 aromatic rings. The third-order valence-corrected chi connectivity index (χ3v) is 8.34. The van der Waals surface area contributed by atoms with Crippen LogP contribution in [0.25, 0.3) is 0 Å². The highest BCUT2D eigenvalue weighted by Gasteiger charge is 2.32. The second-order valence-electron chi connectivity index (χ2n) is 12.2. The van der Waals surface area contributed by atoms with E-state index < -0.39 is 6.10 Å². The highest BCUT2D eigenvalue weighted by molar-refractivity contribution is 6.16. The minimum absolute atomic E-state index is 0.105. The van der Waals surface area contributed by atoms with Crippen LogP contribution in [0.3, 0.4) is 0 Å². The summed E-state index contributed by atoms with van der Waals surface area (Å²) in [5.41, 5.74) is 0. The van der Waals surface area contributed by atoms with E-state index in [4.69, 9.17) is 0 Å². The van der Waals surface area contributed by atoms with E-state index in [0.717, 1.165) is 25.7 Å². The lowest BCUT2D eigenvalue weighted by Gasteiger charge is -2.19. The van der Waals surface area contributed by atoms with E-state index in [9.17, 15) is 14.7 Å². The molecule has 0 aliphatic rings. The maximum absolute atomic E-state index is 12.8. The van der Waals surface area contributed by atoms with Gasteiger partial charge in [0.2, 0.25) is 0 Å². The molecule has 0 amide bonds. The molecule has 0 aliphatic heterocycles. The maximum atomic E-state index is 12.8. The van der Waals surface area contributed by atoms with Crippen LogP contribution >= 0.6 is 0 Å². The number of Topliss-reactive ketones (excluding diaryl/α,β-unsaturated/α-hetero) is 2. The molecule has 1 atom stereocenters. The van der Waals surface area contributed by atoms with Crippen LogP contribution in [0.2, 0.25) is 0 Å². The largest absolute Gasteiger partial charge is 0.392 e. The molecular weight excluding hydrogens is 480 g/mol. The maximum Gasteiger partial charge on any atom is 0.150 e. The monoisotopic (exact) mass is 550 g/mol. The molecule has 1 radical (unpaired) electrons. The van der Waals surface area contributed by atoms with Gasteiger partial charge < -0.3 is 5.11 Å². The molecule has 231 valence electrons. The van der Waals surface area contributed by atoms with Gasteiger partial charge in [0.15, 0.2) is 11.6 Å². The fourth-order valence-electron chi connectivity index (χ4n) is 5.61. The van der Waals surface area contributed by atoms with Gasteiger partial charge in [-0.15, -0.1) is 0 Å². The second kappa shape index (κ2) is 30.3. The summed E-state index contributed by atoms with van der Waals surface area (Å²) in [7, 11) is 0. The third kappa shape index (κ3) is 24.8. The molecule has 0 spiro atoms. The number of aliphatic hydroxyl groups is 1. The van der Waals surface area contributed by atoms with Crippen molar-refractivity contribution in [2.75, 3.05) is 0 Å². The zero-order chi connectivity index (χ0) is 28.8. The smallest absolute Gasteiger partial charge is 0.150 e. The quantitative estimate of drug-likeness (QED) is 0.0670. The molecule has 0 heterocycles. The van der Waals surface area contributed by atoms with E-state index in [-0.39, 0.29) is 17.5 Å². The van der Waals surface area contributed by atoms with Gasteiger partial charge in [-0.25, -0.2) is 0 Å². The molecular formula is C36H69O3. The Morgan fingerprint density at radius 2 is 0.641 bits per heavy atom. The number of rotatable bonds is 32. The lowest BCUT2D eigenvalue weighted by molar-refractivity contribution is -0.127. The predicted molar refractivity (Wildman–Crippen MR) is 170 cm³/mol. The number of carbonyl (C=O) groups is 2. The summed E-state index contributed by atoms with van der Waals surface area (Å²) in [4.78, 5) is 25.6. The van der Waals surface area contributed by atoms with E-state index in [2.05, 4.69) is 13.8 Å². The van der Waals surface area contributed by atoms with Gasteiger partial charge in [-0.1, -0.05) is 175 Å². The molecule has 0 aliphatic carbocycles. The summed E-state index contributed by atoms with van der Waals surface area (Å²) < 4.78 is 0. The Bertz CT molecular complexity index is 487. The van der Waals surface area contributed by atoms with Crippen molar-refractivity contribution < 1.29 is 14.7 Å². The van der Waals surface area contributed by atoms with Gasteiger partial charge in [-0.3, -0.25) is 9.59 Å². The molecule has 39 heavy (non-hydrogen) atoms. The standard InChI is InChI=1S/C36H69O3/c1-4-7-9-11-13-15-17-19-21-23-25-27-29-31-34(38)36(33(37)6-3)35(39)32-30-28-26-24-22-20-18-16-14-12-10-8-5-2/h33,37H,4-32H2,1-3H3. The SMILES string of the molecule is CCCCCCCCCCCCCCCC(=O)[C](C(=O)CCCCCCCCCCCCCCC)C(O)CC. The van der Waals surface area contributed by atoms with Gasteiger partial charge in [0.05, 0.1) is 6.10 Å². The Kier molecular flexibility index (Phi) is 29.7. The number of carbonyl (C=O) groups excluding carboxylic acids is 2. The van der Waals surface area contributed by atoms with Gasteiger partial charge in [0.1, 0.15) is 5.92 Å². The first-order valence-electron chi connectivity index (χ1n) is 17.7. The van der Waals surface area contributed by atoms with Gasteiger partial charge in [0.25, 0.3) is 0 Å². The normalized spacial score (nSPS) is 12.3. The number of aliphatic hydroxyl groups excluding tert-OH is 1. The van der Waals surface area contributed by atoms with Crippen LogP contribution in [0.4, 0.5) is 0 Å². The zero-order valence-corrected chi connectivity index (χ0v) is 26.8. The Hall–Kier alpha value is -0.700. The zero-order valence-electron chi connectivity index (χ0n) is 26.8. The van der Waals surface area contributed by atoms with Gasteiger partial charge in [-0.2, -0.15) is 0 Å². The Morgan fingerprint density at radius 3 is 0.872 bits per heavy atom. The van der Waals surface area contributed by atoms with Gasteiger partial charge >= 0.3 is 0 Å². The fourth-order valence-corrected chi connectivity index (χ4v) is 5.61.